The third-order valence-corrected chi connectivity index (χ3v) is 3.87. The number of ether oxygens (including phenoxy) is 2. The molecule has 21 heavy (non-hydrogen) atoms. The molecule has 3 nitrogen and oxygen atoms in total. The molecule has 0 amide bonds. The predicted octanol–water partition coefficient (Wildman–Crippen LogP) is 3.87. The zero-order valence-corrected chi connectivity index (χ0v) is 12.5. The van der Waals surface area contributed by atoms with Crippen LogP contribution < -0.4 is 14.8 Å². The first-order chi connectivity index (χ1) is 10.2. The van der Waals surface area contributed by atoms with E-state index in [4.69, 9.17) is 9.47 Å². The molecule has 3 heteroatoms. The summed E-state index contributed by atoms with van der Waals surface area (Å²) in [5.41, 5.74) is 2.50. The summed E-state index contributed by atoms with van der Waals surface area (Å²) in [4.78, 5) is 0. The van der Waals surface area contributed by atoms with Crippen molar-refractivity contribution < 1.29 is 9.47 Å². The molecule has 2 unspecified atom stereocenters. The molecule has 3 rings (SSSR count). The molecule has 2 aromatic rings. The van der Waals surface area contributed by atoms with E-state index in [-0.39, 0.29) is 6.04 Å². The van der Waals surface area contributed by atoms with Crippen molar-refractivity contribution in [1.29, 1.82) is 0 Å². The molecule has 0 aliphatic carbocycles. The Labute approximate surface area is 125 Å². The van der Waals surface area contributed by atoms with Gasteiger partial charge in [-0.2, -0.15) is 0 Å². The van der Waals surface area contributed by atoms with Crippen LogP contribution in [0, 0.1) is 0 Å². The first-order valence-electron chi connectivity index (χ1n) is 7.44. The van der Waals surface area contributed by atoms with E-state index in [1.54, 1.807) is 0 Å². The topological polar surface area (TPSA) is 30.5 Å². The third kappa shape index (κ3) is 3.19. The highest BCUT2D eigenvalue weighted by molar-refractivity contribution is 5.44. The number of fused-ring (bicyclic) bond motifs is 1. The van der Waals surface area contributed by atoms with Crippen LogP contribution in [0.3, 0.4) is 0 Å². The normalized spacial score (nSPS) is 16.3. The van der Waals surface area contributed by atoms with Crippen molar-refractivity contribution >= 4 is 0 Å². The van der Waals surface area contributed by atoms with Crippen LogP contribution in [0.1, 0.15) is 37.1 Å². The quantitative estimate of drug-likeness (QED) is 0.924. The molecular formula is C18H21NO2. The number of nitrogens with one attached hydrogen (secondary N) is 1. The first kappa shape index (κ1) is 14.0. The molecule has 0 spiro atoms. The van der Waals surface area contributed by atoms with E-state index in [1.807, 2.05) is 12.1 Å². The van der Waals surface area contributed by atoms with Gasteiger partial charge in [0, 0.05) is 12.1 Å². The average molecular weight is 283 g/mol. The lowest BCUT2D eigenvalue weighted by Crippen LogP contribution is -2.23. The van der Waals surface area contributed by atoms with Gasteiger partial charge < -0.3 is 14.8 Å². The summed E-state index contributed by atoms with van der Waals surface area (Å²) in [7, 11) is 0. The maximum Gasteiger partial charge on any atom is 0.161 e. The minimum Gasteiger partial charge on any atom is -0.486 e. The zero-order chi connectivity index (χ0) is 14.7. The SMILES string of the molecule is CC(NC(C)c1ccc2c(c1)OCCO2)c1ccccc1. The second-order valence-corrected chi connectivity index (χ2v) is 5.42. The fourth-order valence-corrected chi connectivity index (χ4v) is 2.64. The van der Waals surface area contributed by atoms with Gasteiger partial charge in [0.25, 0.3) is 0 Å². The van der Waals surface area contributed by atoms with Crippen LogP contribution in [0.5, 0.6) is 11.5 Å². The fourth-order valence-electron chi connectivity index (χ4n) is 2.64. The minimum absolute atomic E-state index is 0.246. The number of hydrogen-bond acceptors (Lipinski definition) is 3. The van der Waals surface area contributed by atoms with E-state index < -0.39 is 0 Å². The standard InChI is InChI=1S/C18H21NO2/c1-13(15-6-4-3-5-7-15)19-14(2)16-8-9-17-18(12-16)21-11-10-20-17/h3-9,12-14,19H,10-11H2,1-2H3. The highest BCUT2D eigenvalue weighted by atomic mass is 16.6. The van der Waals surface area contributed by atoms with Crippen LogP contribution in [0.4, 0.5) is 0 Å². The van der Waals surface area contributed by atoms with Gasteiger partial charge in [0.1, 0.15) is 13.2 Å². The van der Waals surface area contributed by atoms with E-state index in [2.05, 4.69) is 55.6 Å². The van der Waals surface area contributed by atoms with Gasteiger partial charge in [-0.15, -0.1) is 0 Å². The Hall–Kier alpha value is -2.00. The van der Waals surface area contributed by atoms with Gasteiger partial charge in [0.2, 0.25) is 0 Å². The maximum absolute atomic E-state index is 5.65. The van der Waals surface area contributed by atoms with Crippen molar-refractivity contribution in [2.24, 2.45) is 0 Å². The largest absolute Gasteiger partial charge is 0.486 e. The highest BCUT2D eigenvalue weighted by Crippen LogP contribution is 2.33. The Kier molecular flexibility index (Phi) is 4.11. The molecule has 1 aliphatic rings. The van der Waals surface area contributed by atoms with E-state index in [9.17, 15) is 0 Å². The fraction of sp³-hybridized carbons (Fsp3) is 0.333. The van der Waals surface area contributed by atoms with E-state index in [0.717, 1.165) is 11.5 Å². The van der Waals surface area contributed by atoms with Gasteiger partial charge in [0.15, 0.2) is 11.5 Å². The molecule has 0 fully saturated rings. The number of rotatable bonds is 4. The van der Waals surface area contributed by atoms with Gasteiger partial charge in [0.05, 0.1) is 0 Å². The Morgan fingerprint density at radius 1 is 0.810 bits per heavy atom. The molecule has 110 valence electrons. The molecule has 0 aromatic heterocycles. The monoisotopic (exact) mass is 283 g/mol. The Bertz CT molecular complexity index is 597. The van der Waals surface area contributed by atoms with Crippen LogP contribution in [0.25, 0.3) is 0 Å². The lowest BCUT2D eigenvalue weighted by Gasteiger charge is -2.23. The van der Waals surface area contributed by atoms with Crippen molar-refractivity contribution in [2.75, 3.05) is 13.2 Å². The van der Waals surface area contributed by atoms with Gasteiger partial charge >= 0.3 is 0 Å². The van der Waals surface area contributed by atoms with Crippen molar-refractivity contribution in [3.8, 4) is 11.5 Å². The van der Waals surface area contributed by atoms with Crippen molar-refractivity contribution in [1.82, 2.24) is 5.32 Å². The second-order valence-electron chi connectivity index (χ2n) is 5.42. The van der Waals surface area contributed by atoms with Crippen LogP contribution in [-0.4, -0.2) is 13.2 Å². The second kappa shape index (κ2) is 6.19. The van der Waals surface area contributed by atoms with Crippen LogP contribution in [0.2, 0.25) is 0 Å². The molecule has 0 saturated carbocycles. The minimum atomic E-state index is 0.246. The lowest BCUT2D eigenvalue weighted by atomic mass is 10.0. The Morgan fingerprint density at radius 3 is 2.24 bits per heavy atom. The molecule has 1 N–H and O–H groups in total. The summed E-state index contributed by atoms with van der Waals surface area (Å²) >= 11 is 0. The van der Waals surface area contributed by atoms with E-state index in [1.165, 1.54) is 11.1 Å². The van der Waals surface area contributed by atoms with Crippen LogP contribution in [-0.2, 0) is 0 Å². The smallest absolute Gasteiger partial charge is 0.161 e. The van der Waals surface area contributed by atoms with Gasteiger partial charge in [-0.3, -0.25) is 0 Å². The highest BCUT2D eigenvalue weighted by Gasteiger charge is 2.16. The summed E-state index contributed by atoms with van der Waals surface area (Å²) in [6.07, 6.45) is 0. The lowest BCUT2D eigenvalue weighted by molar-refractivity contribution is 0.171. The molecule has 0 bridgehead atoms. The maximum atomic E-state index is 5.65. The molecule has 1 aliphatic heterocycles. The van der Waals surface area contributed by atoms with Crippen molar-refractivity contribution in [3.63, 3.8) is 0 Å². The molecule has 2 aromatic carbocycles. The summed E-state index contributed by atoms with van der Waals surface area (Å²) in [6, 6.07) is 17.2. The third-order valence-electron chi connectivity index (χ3n) is 3.87. The van der Waals surface area contributed by atoms with Gasteiger partial charge in [-0.05, 0) is 37.1 Å². The molecule has 0 saturated heterocycles. The van der Waals surface area contributed by atoms with Crippen LogP contribution >= 0.6 is 0 Å². The molecule has 1 heterocycles. The van der Waals surface area contributed by atoms with E-state index >= 15 is 0 Å². The predicted molar refractivity (Wildman–Crippen MR) is 83.8 cm³/mol. The summed E-state index contributed by atoms with van der Waals surface area (Å²) in [5, 5.41) is 3.62. The number of benzene rings is 2. The van der Waals surface area contributed by atoms with E-state index in [0.29, 0.717) is 19.3 Å². The summed E-state index contributed by atoms with van der Waals surface area (Å²) < 4.78 is 11.2. The van der Waals surface area contributed by atoms with Gasteiger partial charge in [-0.1, -0.05) is 36.4 Å². The first-order valence-corrected chi connectivity index (χ1v) is 7.44. The van der Waals surface area contributed by atoms with Crippen molar-refractivity contribution in [2.45, 2.75) is 25.9 Å². The average Bonchev–Trinajstić information content (AvgIpc) is 2.55. The molecular weight excluding hydrogens is 262 g/mol. The van der Waals surface area contributed by atoms with Crippen LogP contribution in [0.15, 0.2) is 48.5 Å². The molecule has 0 radical (unpaired) electrons. The molecule has 2 atom stereocenters. The zero-order valence-electron chi connectivity index (χ0n) is 12.5. The van der Waals surface area contributed by atoms with Gasteiger partial charge in [-0.25, -0.2) is 0 Å². The Morgan fingerprint density at radius 2 is 1.48 bits per heavy atom. The Balaban J connectivity index is 1.72. The van der Waals surface area contributed by atoms with Crippen molar-refractivity contribution in [3.05, 3.63) is 59.7 Å². The summed E-state index contributed by atoms with van der Waals surface area (Å²) in [5.74, 6) is 1.69. The number of hydrogen-bond donors (Lipinski definition) is 1. The summed E-state index contributed by atoms with van der Waals surface area (Å²) in [6.45, 7) is 5.61.